The number of hydrogen-bond acceptors (Lipinski definition) is 4. The Morgan fingerprint density at radius 2 is 1.39 bits per heavy atom. The van der Waals surface area contributed by atoms with Gasteiger partial charge in [0.1, 0.15) is 6.67 Å². The Hall–Kier alpha value is -3.75. The highest BCUT2D eigenvalue weighted by Crippen LogP contribution is 2.18. The summed E-state index contributed by atoms with van der Waals surface area (Å²) in [5.74, 6) is -1.03. The van der Waals surface area contributed by atoms with E-state index in [0.29, 0.717) is 48.4 Å². The second kappa shape index (κ2) is 11.8. The van der Waals surface area contributed by atoms with Gasteiger partial charge in [-0.05, 0) is 48.7 Å². The zero-order chi connectivity index (χ0) is 25.5. The van der Waals surface area contributed by atoms with Crippen LogP contribution in [0.25, 0.3) is 0 Å². The smallest absolute Gasteiger partial charge is 0.254 e. The number of nitrogens with one attached hydrogen (secondary N) is 2. The van der Waals surface area contributed by atoms with Crippen LogP contribution >= 0.6 is 0 Å². The Morgan fingerprint density at radius 1 is 0.806 bits per heavy atom. The zero-order valence-corrected chi connectivity index (χ0v) is 20.2. The lowest BCUT2D eigenvalue weighted by molar-refractivity contribution is -0.131. The van der Waals surface area contributed by atoms with Crippen molar-refractivity contribution >= 4 is 23.6 Å². The molecule has 1 aliphatic carbocycles. The summed E-state index contributed by atoms with van der Waals surface area (Å²) in [6.07, 6.45) is 4.26. The molecule has 0 atom stereocenters. The normalized spacial score (nSPS) is 16.0. The van der Waals surface area contributed by atoms with Crippen molar-refractivity contribution in [1.29, 1.82) is 0 Å². The summed E-state index contributed by atoms with van der Waals surface area (Å²) in [5.41, 5.74) is 1.55. The van der Waals surface area contributed by atoms with Crippen molar-refractivity contribution in [2.75, 3.05) is 32.7 Å². The van der Waals surface area contributed by atoms with Gasteiger partial charge < -0.3 is 20.4 Å². The summed E-state index contributed by atoms with van der Waals surface area (Å²) in [7, 11) is 0. The van der Waals surface area contributed by atoms with Crippen LogP contribution in [0.4, 0.5) is 4.39 Å². The second-order valence-corrected chi connectivity index (χ2v) is 9.18. The summed E-state index contributed by atoms with van der Waals surface area (Å²) in [5, 5.41) is 5.64. The largest absolute Gasteiger partial charge is 0.349 e. The van der Waals surface area contributed by atoms with Crippen molar-refractivity contribution in [3.8, 4) is 0 Å². The minimum absolute atomic E-state index is 0.144. The lowest BCUT2D eigenvalue weighted by Crippen LogP contribution is -2.52. The molecule has 9 heteroatoms. The van der Waals surface area contributed by atoms with E-state index >= 15 is 0 Å². The van der Waals surface area contributed by atoms with Gasteiger partial charge in [-0.1, -0.05) is 31.0 Å². The molecule has 8 nitrogen and oxygen atoms in total. The molecule has 2 aromatic carbocycles. The fourth-order valence-corrected chi connectivity index (χ4v) is 4.66. The third-order valence-corrected chi connectivity index (χ3v) is 6.81. The highest BCUT2D eigenvalue weighted by atomic mass is 19.1. The molecular formula is C27H31FN4O4. The van der Waals surface area contributed by atoms with Crippen LogP contribution in [0.2, 0.25) is 0 Å². The summed E-state index contributed by atoms with van der Waals surface area (Å²) in [6, 6.07) is 13.2. The Balaban J connectivity index is 1.22. The maximum absolute atomic E-state index is 13.2. The van der Waals surface area contributed by atoms with Gasteiger partial charge in [-0.2, -0.15) is 0 Å². The van der Waals surface area contributed by atoms with E-state index in [4.69, 9.17) is 0 Å². The zero-order valence-electron chi connectivity index (χ0n) is 20.2. The molecule has 0 bridgehead atoms. The van der Waals surface area contributed by atoms with Crippen molar-refractivity contribution in [2.24, 2.45) is 0 Å². The third-order valence-electron chi connectivity index (χ3n) is 6.81. The molecule has 2 N–H and O–H groups in total. The monoisotopic (exact) mass is 494 g/mol. The molecule has 0 unspecified atom stereocenters. The van der Waals surface area contributed by atoms with Crippen molar-refractivity contribution < 1.29 is 23.6 Å². The van der Waals surface area contributed by atoms with Gasteiger partial charge in [0.25, 0.3) is 17.7 Å². The minimum atomic E-state index is -0.712. The Kier molecular flexibility index (Phi) is 8.30. The third kappa shape index (κ3) is 6.08. The van der Waals surface area contributed by atoms with Crippen LogP contribution in [0.15, 0.2) is 48.5 Å². The van der Waals surface area contributed by atoms with Crippen LogP contribution < -0.4 is 10.6 Å². The molecule has 2 fully saturated rings. The predicted octanol–water partition coefficient (Wildman–Crippen LogP) is 2.54. The number of halogens is 1. The van der Waals surface area contributed by atoms with Gasteiger partial charge in [-0.15, -0.1) is 0 Å². The van der Waals surface area contributed by atoms with Gasteiger partial charge in [0.2, 0.25) is 5.91 Å². The summed E-state index contributed by atoms with van der Waals surface area (Å²) in [6.45, 7) is 0.469. The first-order valence-electron chi connectivity index (χ1n) is 12.4. The van der Waals surface area contributed by atoms with Gasteiger partial charge in [-0.25, -0.2) is 4.39 Å². The topological polar surface area (TPSA) is 98.8 Å². The highest BCUT2D eigenvalue weighted by Gasteiger charge is 2.26. The fourth-order valence-electron chi connectivity index (χ4n) is 4.66. The van der Waals surface area contributed by atoms with E-state index in [1.807, 2.05) is 0 Å². The number of hydrogen-bond donors (Lipinski definition) is 2. The average Bonchev–Trinajstić information content (AvgIpc) is 3.44. The van der Waals surface area contributed by atoms with E-state index in [2.05, 4.69) is 10.6 Å². The number of amides is 4. The van der Waals surface area contributed by atoms with E-state index in [1.54, 1.807) is 58.3 Å². The number of piperazine rings is 1. The highest BCUT2D eigenvalue weighted by molar-refractivity contribution is 5.99. The molecule has 2 aromatic rings. The maximum atomic E-state index is 13.2. The second-order valence-electron chi connectivity index (χ2n) is 9.18. The molecule has 1 saturated carbocycles. The molecule has 0 spiro atoms. The van der Waals surface area contributed by atoms with E-state index in [9.17, 15) is 23.6 Å². The summed E-state index contributed by atoms with van der Waals surface area (Å²) >= 11 is 0. The Morgan fingerprint density at radius 3 is 2.03 bits per heavy atom. The minimum Gasteiger partial charge on any atom is -0.349 e. The molecule has 1 saturated heterocycles. The van der Waals surface area contributed by atoms with E-state index in [-0.39, 0.29) is 30.3 Å². The molecule has 4 rings (SSSR count). The van der Waals surface area contributed by atoms with Crippen LogP contribution in [0.5, 0.6) is 0 Å². The van der Waals surface area contributed by atoms with Gasteiger partial charge in [0.05, 0.1) is 6.54 Å². The molecule has 0 aromatic heterocycles. The SMILES string of the molecule is O=C(NCC(=O)N1CCN(C(=O)c2ccccc2CF)CC1)c1ccc(C(=O)NC2CCCC2)cc1. The first-order chi connectivity index (χ1) is 17.5. The molecule has 0 radical (unpaired) electrons. The molecule has 1 aliphatic heterocycles. The van der Waals surface area contributed by atoms with Gasteiger partial charge >= 0.3 is 0 Å². The van der Waals surface area contributed by atoms with Crippen LogP contribution in [-0.2, 0) is 11.5 Å². The first-order valence-corrected chi connectivity index (χ1v) is 12.4. The molecule has 2 aliphatic rings. The van der Waals surface area contributed by atoms with Crippen molar-refractivity contribution in [3.63, 3.8) is 0 Å². The quantitative estimate of drug-likeness (QED) is 0.618. The fraction of sp³-hybridized carbons (Fsp3) is 0.407. The average molecular weight is 495 g/mol. The van der Waals surface area contributed by atoms with Crippen molar-refractivity contribution in [3.05, 3.63) is 70.8 Å². The lowest BCUT2D eigenvalue weighted by atomic mass is 10.1. The van der Waals surface area contributed by atoms with Gasteiger partial charge in [0, 0.05) is 48.9 Å². The number of nitrogens with zero attached hydrogens (tertiary/aromatic N) is 2. The summed E-state index contributed by atoms with van der Waals surface area (Å²) in [4.78, 5) is 53.4. The molecule has 190 valence electrons. The Labute approximate surface area is 209 Å². The van der Waals surface area contributed by atoms with Crippen LogP contribution in [0.3, 0.4) is 0 Å². The number of alkyl halides is 1. The predicted molar refractivity (Wildman–Crippen MR) is 132 cm³/mol. The summed E-state index contributed by atoms with van der Waals surface area (Å²) < 4.78 is 13.2. The Bertz CT molecular complexity index is 1110. The van der Waals surface area contributed by atoms with Crippen LogP contribution in [-0.4, -0.2) is 72.2 Å². The van der Waals surface area contributed by atoms with E-state index in [0.717, 1.165) is 25.7 Å². The van der Waals surface area contributed by atoms with E-state index < -0.39 is 12.6 Å². The molecule has 4 amide bonds. The van der Waals surface area contributed by atoms with Crippen molar-refractivity contribution in [2.45, 2.75) is 38.4 Å². The standard InChI is InChI=1S/C27H31FN4O4/c28-17-21-5-1-4-8-23(21)27(36)32-15-13-31(14-16-32)24(33)18-29-25(34)19-9-11-20(12-10-19)26(35)30-22-6-2-3-7-22/h1,4-5,8-12,22H,2-3,6-7,13-18H2,(H,29,34)(H,30,35). The lowest BCUT2D eigenvalue weighted by Gasteiger charge is -2.35. The number of rotatable bonds is 7. The van der Waals surface area contributed by atoms with Crippen LogP contribution in [0.1, 0.15) is 62.3 Å². The maximum Gasteiger partial charge on any atom is 0.254 e. The number of carbonyl (C=O) groups excluding carboxylic acids is 4. The molecule has 36 heavy (non-hydrogen) atoms. The van der Waals surface area contributed by atoms with E-state index in [1.165, 1.54) is 0 Å². The van der Waals surface area contributed by atoms with Gasteiger partial charge in [0.15, 0.2) is 0 Å². The van der Waals surface area contributed by atoms with Gasteiger partial charge in [-0.3, -0.25) is 19.2 Å². The van der Waals surface area contributed by atoms with Crippen LogP contribution in [0, 0.1) is 0 Å². The van der Waals surface area contributed by atoms with Crippen molar-refractivity contribution in [1.82, 2.24) is 20.4 Å². The number of benzene rings is 2. The molecule has 1 heterocycles. The first kappa shape index (κ1) is 25.3. The number of carbonyl (C=O) groups is 4. The molecular weight excluding hydrogens is 463 g/mol.